The van der Waals surface area contributed by atoms with Gasteiger partial charge in [0.25, 0.3) is 0 Å². The Bertz CT molecular complexity index is 511. The van der Waals surface area contributed by atoms with Crippen LogP contribution in [0.1, 0.15) is 45.6 Å². The van der Waals surface area contributed by atoms with Gasteiger partial charge in [-0.3, -0.25) is 4.79 Å². The van der Waals surface area contributed by atoms with E-state index in [9.17, 15) is 4.79 Å². The second-order valence-electron chi connectivity index (χ2n) is 6.28. The number of benzene rings is 1. The van der Waals surface area contributed by atoms with Gasteiger partial charge in [0.15, 0.2) is 0 Å². The number of aryl methyl sites for hydroxylation is 1. The first kappa shape index (κ1) is 15.7. The molecule has 1 aromatic carbocycles. The second-order valence-corrected chi connectivity index (χ2v) is 6.28. The molecule has 0 unspecified atom stereocenters. The van der Waals surface area contributed by atoms with Crippen molar-refractivity contribution >= 4 is 11.7 Å². The van der Waals surface area contributed by atoms with Gasteiger partial charge in [0.05, 0.1) is 12.2 Å². The topological polar surface area (TPSA) is 49.8 Å². The van der Waals surface area contributed by atoms with Gasteiger partial charge in [-0.1, -0.05) is 6.07 Å². The van der Waals surface area contributed by atoms with Crippen LogP contribution in [0.2, 0.25) is 0 Å². The summed E-state index contributed by atoms with van der Waals surface area (Å²) in [6, 6.07) is 6.33. The van der Waals surface area contributed by atoms with E-state index in [1.54, 1.807) is 0 Å². The van der Waals surface area contributed by atoms with Crippen molar-refractivity contribution in [1.82, 2.24) is 0 Å². The van der Waals surface area contributed by atoms with E-state index in [0.29, 0.717) is 0 Å². The number of anilines is 1. The molecule has 0 bridgehead atoms. The van der Waals surface area contributed by atoms with Gasteiger partial charge in [0, 0.05) is 13.0 Å². The summed E-state index contributed by atoms with van der Waals surface area (Å²) >= 11 is 0. The number of rotatable bonds is 6. The highest BCUT2D eigenvalue weighted by Crippen LogP contribution is 2.37. The summed E-state index contributed by atoms with van der Waals surface area (Å²) in [5.41, 5.74) is 2.25. The van der Waals surface area contributed by atoms with E-state index in [-0.39, 0.29) is 12.0 Å². The Morgan fingerprint density at radius 2 is 2.14 bits per heavy atom. The van der Waals surface area contributed by atoms with E-state index in [1.807, 2.05) is 6.07 Å². The molecule has 0 fully saturated rings. The molecular weight excluding hydrogens is 266 g/mol. The Labute approximate surface area is 126 Å². The number of hydrogen-bond acceptors (Lipinski definition) is 3. The first-order valence-electron chi connectivity index (χ1n) is 7.70. The fraction of sp³-hybridized carbons (Fsp3) is 0.588. The van der Waals surface area contributed by atoms with Crippen molar-refractivity contribution in [2.24, 2.45) is 0 Å². The van der Waals surface area contributed by atoms with Gasteiger partial charge in [0.2, 0.25) is 0 Å². The molecule has 1 heterocycles. The summed E-state index contributed by atoms with van der Waals surface area (Å²) in [4.78, 5) is 12.9. The number of hydrogen-bond donors (Lipinski definition) is 1. The van der Waals surface area contributed by atoms with Gasteiger partial charge in [-0.15, -0.1) is 0 Å². The summed E-state index contributed by atoms with van der Waals surface area (Å²) < 4.78 is 6.04. The third-order valence-electron chi connectivity index (χ3n) is 3.81. The van der Waals surface area contributed by atoms with Crippen molar-refractivity contribution in [2.75, 3.05) is 18.0 Å². The first-order chi connectivity index (χ1) is 9.91. The molecule has 4 heteroatoms. The van der Waals surface area contributed by atoms with Crippen molar-refractivity contribution in [2.45, 2.75) is 52.1 Å². The van der Waals surface area contributed by atoms with Crippen LogP contribution in [0.3, 0.4) is 0 Å². The zero-order chi connectivity index (χ0) is 15.5. The molecule has 0 spiro atoms. The minimum Gasteiger partial charge on any atom is -0.484 e. The smallest absolute Gasteiger partial charge is 0.303 e. The van der Waals surface area contributed by atoms with Gasteiger partial charge in [0.1, 0.15) is 11.4 Å². The summed E-state index contributed by atoms with van der Waals surface area (Å²) in [6.07, 6.45) is 2.81. The summed E-state index contributed by atoms with van der Waals surface area (Å²) in [5, 5.41) is 8.66. The van der Waals surface area contributed by atoms with Crippen LogP contribution in [0.25, 0.3) is 0 Å². The van der Waals surface area contributed by atoms with Crippen LogP contribution in [0.4, 0.5) is 5.69 Å². The number of carboxylic acids is 1. The Morgan fingerprint density at radius 3 is 2.81 bits per heavy atom. The van der Waals surface area contributed by atoms with Crippen molar-refractivity contribution in [1.29, 1.82) is 0 Å². The highest BCUT2D eigenvalue weighted by molar-refractivity contribution is 5.66. The largest absolute Gasteiger partial charge is 0.484 e. The molecule has 1 aromatic rings. The molecule has 0 atom stereocenters. The monoisotopic (exact) mass is 291 g/mol. The van der Waals surface area contributed by atoms with E-state index in [4.69, 9.17) is 9.84 Å². The van der Waals surface area contributed by atoms with Gasteiger partial charge in [-0.2, -0.15) is 0 Å². The van der Waals surface area contributed by atoms with Gasteiger partial charge in [-0.05, 0) is 57.7 Å². The molecule has 0 radical (unpaired) electrons. The summed E-state index contributed by atoms with van der Waals surface area (Å²) in [5.74, 6) is 0.232. The van der Waals surface area contributed by atoms with E-state index < -0.39 is 5.97 Å². The molecule has 0 aromatic heterocycles. The third kappa shape index (κ3) is 4.13. The standard InChI is InChI=1S/C17H25NO3/c1-4-18-12-17(2,3)21-15-10-9-13(11-14(15)18)7-5-6-8-16(19)20/h9-11H,4-8,12H2,1-3H3,(H,19,20). The normalized spacial score (nSPS) is 16.2. The lowest BCUT2D eigenvalue weighted by Crippen LogP contribution is -2.46. The molecule has 1 aliphatic heterocycles. The van der Waals surface area contributed by atoms with E-state index in [1.165, 1.54) is 5.56 Å². The minimum atomic E-state index is -0.715. The van der Waals surface area contributed by atoms with Crippen molar-refractivity contribution in [3.8, 4) is 5.75 Å². The summed E-state index contributed by atoms with van der Waals surface area (Å²) in [7, 11) is 0. The van der Waals surface area contributed by atoms with Gasteiger partial charge in [-0.25, -0.2) is 0 Å². The van der Waals surface area contributed by atoms with Crippen molar-refractivity contribution in [3.05, 3.63) is 23.8 Å². The van der Waals surface area contributed by atoms with Gasteiger partial charge >= 0.3 is 5.97 Å². The molecule has 116 valence electrons. The average Bonchev–Trinajstić information content (AvgIpc) is 2.42. The fourth-order valence-corrected chi connectivity index (χ4v) is 2.81. The zero-order valence-corrected chi connectivity index (χ0v) is 13.2. The van der Waals surface area contributed by atoms with E-state index >= 15 is 0 Å². The maximum Gasteiger partial charge on any atom is 0.303 e. The lowest BCUT2D eigenvalue weighted by atomic mass is 10.0. The van der Waals surface area contributed by atoms with Crippen LogP contribution < -0.4 is 9.64 Å². The number of ether oxygens (including phenoxy) is 1. The number of fused-ring (bicyclic) bond motifs is 1. The highest BCUT2D eigenvalue weighted by atomic mass is 16.5. The van der Waals surface area contributed by atoms with Crippen LogP contribution >= 0.6 is 0 Å². The molecule has 0 amide bonds. The van der Waals surface area contributed by atoms with Crippen LogP contribution in [0.5, 0.6) is 5.75 Å². The Morgan fingerprint density at radius 1 is 1.38 bits per heavy atom. The Hall–Kier alpha value is -1.71. The number of nitrogens with zero attached hydrogens (tertiary/aromatic N) is 1. The number of aliphatic carboxylic acids is 1. The van der Waals surface area contributed by atoms with Crippen molar-refractivity contribution in [3.63, 3.8) is 0 Å². The van der Waals surface area contributed by atoms with E-state index in [2.05, 4.69) is 37.8 Å². The Balaban J connectivity index is 2.06. The molecule has 21 heavy (non-hydrogen) atoms. The molecule has 2 rings (SSSR count). The third-order valence-corrected chi connectivity index (χ3v) is 3.81. The van der Waals surface area contributed by atoms with Crippen molar-refractivity contribution < 1.29 is 14.6 Å². The number of unbranched alkanes of at least 4 members (excludes halogenated alkanes) is 1. The van der Waals surface area contributed by atoms with Crippen LogP contribution in [-0.2, 0) is 11.2 Å². The number of carbonyl (C=O) groups is 1. The Kier molecular flexibility index (Phi) is 4.76. The van der Waals surface area contributed by atoms with Crippen LogP contribution in [-0.4, -0.2) is 29.8 Å². The lowest BCUT2D eigenvalue weighted by Gasteiger charge is -2.40. The number of likely N-dealkylation sites (N-methyl/N-ethyl adjacent to an activating group) is 1. The molecule has 0 aliphatic carbocycles. The minimum absolute atomic E-state index is 0.161. The SMILES string of the molecule is CCN1CC(C)(C)Oc2ccc(CCCCC(=O)O)cc21. The lowest BCUT2D eigenvalue weighted by molar-refractivity contribution is -0.137. The van der Waals surface area contributed by atoms with Crippen LogP contribution in [0.15, 0.2) is 18.2 Å². The highest BCUT2D eigenvalue weighted by Gasteiger charge is 2.30. The van der Waals surface area contributed by atoms with E-state index in [0.717, 1.165) is 43.8 Å². The molecule has 1 aliphatic rings. The molecule has 1 N–H and O–H groups in total. The quantitative estimate of drug-likeness (QED) is 0.815. The molecule has 0 saturated carbocycles. The summed E-state index contributed by atoms with van der Waals surface area (Å²) in [6.45, 7) is 8.22. The number of carboxylic acid groups (broad SMARTS) is 1. The maximum absolute atomic E-state index is 10.5. The maximum atomic E-state index is 10.5. The second kappa shape index (κ2) is 6.37. The first-order valence-corrected chi connectivity index (χ1v) is 7.70. The molecule has 4 nitrogen and oxygen atoms in total. The predicted molar refractivity (Wildman–Crippen MR) is 84.2 cm³/mol. The van der Waals surface area contributed by atoms with Crippen LogP contribution in [0, 0.1) is 0 Å². The molecule has 0 saturated heterocycles. The molecular formula is C17H25NO3. The van der Waals surface area contributed by atoms with Gasteiger partial charge < -0.3 is 14.7 Å². The zero-order valence-electron chi connectivity index (χ0n) is 13.2. The fourth-order valence-electron chi connectivity index (χ4n) is 2.81. The average molecular weight is 291 g/mol. The predicted octanol–water partition coefficient (Wildman–Crippen LogP) is 3.48.